The predicted octanol–water partition coefficient (Wildman–Crippen LogP) is 2.83. The predicted molar refractivity (Wildman–Crippen MR) is 70.8 cm³/mol. The van der Waals surface area contributed by atoms with Gasteiger partial charge in [-0.05, 0) is 50.5 Å². The lowest BCUT2D eigenvalue weighted by atomic mass is 10.1. The van der Waals surface area contributed by atoms with Crippen LogP contribution in [0.1, 0.15) is 29.8 Å². The smallest absolute Gasteiger partial charge is 0.303 e. The molecule has 1 aromatic heterocycles. The quantitative estimate of drug-likeness (QED) is 0.902. The first-order valence-corrected chi connectivity index (χ1v) is 6.15. The highest BCUT2D eigenvalue weighted by Gasteiger charge is 2.09. The molecule has 4 heteroatoms. The molecule has 0 aliphatic heterocycles. The van der Waals surface area contributed by atoms with Crippen LogP contribution in [0.15, 0.2) is 12.1 Å². The van der Waals surface area contributed by atoms with Crippen LogP contribution in [0.25, 0.3) is 11.0 Å². The molecule has 0 radical (unpaired) electrons. The van der Waals surface area contributed by atoms with Crippen LogP contribution >= 0.6 is 0 Å². The van der Waals surface area contributed by atoms with Crippen LogP contribution in [0.4, 0.5) is 0 Å². The van der Waals surface area contributed by atoms with Crippen LogP contribution in [0.3, 0.4) is 0 Å². The zero-order chi connectivity index (χ0) is 13.3. The van der Waals surface area contributed by atoms with Crippen molar-refractivity contribution in [3.8, 4) is 0 Å². The number of carbonyl (C=O) groups is 1. The van der Waals surface area contributed by atoms with Gasteiger partial charge in [0.1, 0.15) is 5.82 Å². The Morgan fingerprint density at radius 1 is 1.28 bits per heavy atom. The molecular formula is C14H18N2O2. The van der Waals surface area contributed by atoms with Crippen LogP contribution in [-0.2, 0) is 11.3 Å². The van der Waals surface area contributed by atoms with E-state index < -0.39 is 5.97 Å². The molecule has 0 saturated carbocycles. The van der Waals surface area contributed by atoms with Crippen molar-refractivity contribution in [2.45, 2.75) is 40.2 Å². The first kappa shape index (κ1) is 12.6. The largest absolute Gasteiger partial charge is 0.481 e. The number of nitrogens with zero attached hydrogens (tertiary/aromatic N) is 2. The number of hydrogen-bond donors (Lipinski definition) is 1. The number of aryl methyl sites for hydroxylation is 4. The number of carboxylic acid groups (broad SMARTS) is 1. The van der Waals surface area contributed by atoms with E-state index in [2.05, 4.69) is 35.5 Å². The molecule has 0 aliphatic carbocycles. The number of rotatable bonds is 4. The maximum Gasteiger partial charge on any atom is 0.303 e. The Morgan fingerprint density at radius 2 is 1.94 bits per heavy atom. The van der Waals surface area contributed by atoms with E-state index in [9.17, 15) is 4.79 Å². The average Bonchev–Trinajstić information content (AvgIpc) is 2.56. The summed E-state index contributed by atoms with van der Waals surface area (Å²) in [6.07, 6.45) is 0.832. The summed E-state index contributed by atoms with van der Waals surface area (Å²) in [5, 5.41) is 8.68. The van der Waals surface area contributed by atoms with E-state index >= 15 is 0 Å². The van der Waals surface area contributed by atoms with Crippen LogP contribution in [0.5, 0.6) is 0 Å². The highest BCUT2D eigenvalue weighted by molar-refractivity contribution is 5.78. The normalized spacial score (nSPS) is 11.1. The molecule has 1 heterocycles. The third-order valence-electron chi connectivity index (χ3n) is 3.33. The zero-order valence-corrected chi connectivity index (χ0v) is 11.0. The molecule has 18 heavy (non-hydrogen) atoms. The van der Waals surface area contributed by atoms with Crippen molar-refractivity contribution < 1.29 is 9.90 Å². The Hall–Kier alpha value is -1.84. The topological polar surface area (TPSA) is 55.1 Å². The van der Waals surface area contributed by atoms with Gasteiger partial charge in [-0.25, -0.2) is 4.98 Å². The summed E-state index contributed by atoms with van der Waals surface area (Å²) < 4.78 is 2.10. The van der Waals surface area contributed by atoms with E-state index in [-0.39, 0.29) is 6.42 Å². The van der Waals surface area contributed by atoms with Crippen molar-refractivity contribution in [2.24, 2.45) is 0 Å². The maximum atomic E-state index is 10.6. The molecule has 0 fully saturated rings. The third-order valence-corrected chi connectivity index (χ3v) is 3.33. The van der Waals surface area contributed by atoms with Gasteiger partial charge >= 0.3 is 5.97 Å². The van der Waals surface area contributed by atoms with Gasteiger partial charge in [0.15, 0.2) is 0 Å². The van der Waals surface area contributed by atoms with Crippen molar-refractivity contribution in [1.82, 2.24) is 9.55 Å². The maximum absolute atomic E-state index is 10.6. The van der Waals surface area contributed by atoms with E-state index in [1.807, 2.05) is 6.92 Å². The fourth-order valence-electron chi connectivity index (χ4n) is 2.17. The second-order valence-corrected chi connectivity index (χ2v) is 4.73. The minimum absolute atomic E-state index is 0.198. The lowest BCUT2D eigenvalue weighted by Crippen LogP contribution is -2.03. The van der Waals surface area contributed by atoms with Gasteiger partial charge in [0, 0.05) is 13.0 Å². The number of imidazole rings is 1. The summed E-state index contributed by atoms with van der Waals surface area (Å²) in [6, 6.07) is 4.22. The first-order chi connectivity index (χ1) is 8.49. The summed E-state index contributed by atoms with van der Waals surface area (Å²) in [5.74, 6) is 0.199. The fraction of sp³-hybridized carbons (Fsp3) is 0.429. The lowest BCUT2D eigenvalue weighted by molar-refractivity contribution is -0.137. The van der Waals surface area contributed by atoms with Crippen LogP contribution in [-0.4, -0.2) is 20.6 Å². The summed E-state index contributed by atoms with van der Waals surface area (Å²) in [5.41, 5.74) is 4.56. The molecule has 2 rings (SSSR count). The molecule has 2 aromatic rings. The molecule has 0 atom stereocenters. The minimum atomic E-state index is -0.746. The molecule has 96 valence electrons. The van der Waals surface area contributed by atoms with E-state index in [4.69, 9.17) is 5.11 Å². The van der Waals surface area contributed by atoms with E-state index in [0.717, 1.165) is 16.9 Å². The molecule has 0 unspecified atom stereocenters. The van der Waals surface area contributed by atoms with Crippen molar-refractivity contribution in [2.75, 3.05) is 0 Å². The van der Waals surface area contributed by atoms with E-state index in [1.165, 1.54) is 11.1 Å². The van der Waals surface area contributed by atoms with E-state index in [0.29, 0.717) is 13.0 Å². The third kappa shape index (κ3) is 2.37. The molecule has 0 saturated heterocycles. The molecule has 0 spiro atoms. The second-order valence-electron chi connectivity index (χ2n) is 4.73. The molecule has 0 bridgehead atoms. The van der Waals surface area contributed by atoms with Gasteiger partial charge in [-0.2, -0.15) is 0 Å². The Bertz CT molecular complexity index is 599. The van der Waals surface area contributed by atoms with Crippen LogP contribution < -0.4 is 0 Å². The minimum Gasteiger partial charge on any atom is -0.481 e. The summed E-state index contributed by atoms with van der Waals surface area (Å²) in [4.78, 5) is 15.1. The molecular weight excluding hydrogens is 228 g/mol. The monoisotopic (exact) mass is 246 g/mol. The van der Waals surface area contributed by atoms with Crippen LogP contribution in [0.2, 0.25) is 0 Å². The molecule has 1 aromatic carbocycles. The van der Waals surface area contributed by atoms with Crippen molar-refractivity contribution in [1.29, 1.82) is 0 Å². The SMILES string of the molecule is Cc1cc2nc(C)n(CCCC(=O)O)c2cc1C. The van der Waals surface area contributed by atoms with E-state index in [1.54, 1.807) is 0 Å². The zero-order valence-electron chi connectivity index (χ0n) is 11.0. The van der Waals surface area contributed by atoms with Crippen molar-refractivity contribution in [3.63, 3.8) is 0 Å². The first-order valence-electron chi connectivity index (χ1n) is 6.15. The van der Waals surface area contributed by atoms with Gasteiger partial charge in [0.05, 0.1) is 11.0 Å². The molecule has 1 N–H and O–H groups in total. The van der Waals surface area contributed by atoms with Crippen LogP contribution in [0, 0.1) is 20.8 Å². The van der Waals surface area contributed by atoms with Gasteiger partial charge in [-0.1, -0.05) is 0 Å². The summed E-state index contributed by atoms with van der Waals surface area (Å²) >= 11 is 0. The van der Waals surface area contributed by atoms with Gasteiger partial charge in [-0.15, -0.1) is 0 Å². The average molecular weight is 246 g/mol. The van der Waals surface area contributed by atoms with Gasteiger partial charge in [0.25, 0.3) is 0 Å². The summed E-state index contributed by atoms with van der Waals surface area (Å²) in [7, 11) is 0. The molecule has 4 nitrogen and oxygen atoms in total. The Balaban J connectivity index is 2.34. The fourth-order valence-corrected chi connectivity index (χ4v) is 2.17. The Kier molecular flexibility index (Phi) is 3.36. The second kappa shape index (κ2) is 4.80. The number of carboxylic acids is 1. The number of aliphatic carboxylic acids is 1. The standard InChI is InChI=1S/C14H18N2O2/c1-9-7-12-13(8-10(9)2)16(11(3)15-12)6-4-5-14(17)18/h7-8H,4-6H2,1-3H3,(H,17,18). The Labute approximate surface area is 106 Å². The Morgan fingerprint density at radius 3 is 2.61 bits per heavy atom. The lowest BCUT2D eigenvalue weighted by Gasteiger charge is -2.07. The number of fused-ring (bicyclic) bond motifs is 1. The highest BCUT2D eigenvalue weighted by Crippen LogP contribution is 2.21. The highest BCUT2D eigenvalue weighted by atomic mass is 16.4. The number of benzene rings is 1. The molecule has 0 aliphatic rings. The number of aromatic nitrogens is 2. The van der Waals surface area contributed by atoms with Crippen molar-refractivity contribution in [3.05, 3.63) is 29.1 Å². The number of hydrogen-bond acceptors (Lipinski definition) is 2. The van der Waals surface area contributed by atoms with Gasteiger partial charge in [-0.3, -0.25) is 4.79 Å². The van der Waals surface area contributed by atoms with Gasteiger partial charge in [0.2, 0.25) is 0 Å². The van der Waals surface area contributed by atoms with Gasteiger partial charge < -0.3 is 9.67 Å². The molecule has 0 amide bonds. The van der Waals surface area contributed by atoms with Crippen molar-refractivity contribution >= 4 is 17.0 Å². The summed E-state index contributed by atoms with van der Waals surface area (Å²) in [6.45, 7) is 6.83.